The van der Waals surface area contributed by atoms with Crippen LogP contribution < -0.4 is 0 Å². The minimum atomic E-state index is -0.906. The Morgan fingerprint density at radius 3 is 2.40 bits per heavy atom. The third kappa shape index (κ3) is 2.41. The SMILES string of the molecule is CCC(C)c1cc(C(=O)O)c(C(C)C)o1. The van der Waals surface area contributed by atoms with Crippen molar-refractivity contribution in [1.29, 1.82) is 0 Å². The van der Waals surface area contributed by atoms with Gasteiger partial charge in [-0.1, -0.05) is 27.7 Å². The summed E-state index contributed by atoms with van der Waals surface area (Å²) < 4.78 is 5.61. The molecule has 0 saturated carbocycles. The minimum Gasteiger partial charge on any atom is -0.478 e. The van der Waals surface area contributed by atoms with Crippen molar-refractivity contribution < 1.29 is 14.3 Å². The van der Waals surface area contributed by atoms with Gasteiger partial charge >= 0.3 is 5.97 Å². The zero-order valence-corrected chi connectivity index (χ0v) is 9.70. The molecule has 0 aliphatic rings. The predicted octanol–water partition coefficient (Wildman–Crippen LogP) is 3.61. The van der Waals surface area contributed by atoms with E-state index in [2.05, 4.69) is 6.92 Å². The Kier molecular flexibility index (Phi) is 3.56. The molecule has 0 aliphatic carbocycles. The number of aromatic carboxylic acids is 1. The minimum absolute atomic E-state index is 0.105. The molecule has 84 valence electrons. The molecule has 0 spiro atoms. The highest BCUT2D eigenvalue weighted by atomic mass is 16.4. The number of rotatable bonds is 4. The molecule has 0 amide bonds. The molecule has 1 unspecified atom stereocenters. The molecule has 1 rings (SSSR count). The summed E-state index contributed by atoms with van der Waals surface area (Å²) in [7, 11) is 0. The average molecular weight is 210 g/mol. The number of hydrogen-bond acceptors (Lipinski definition) is 2. The van der Waals surface area contributed by atoms with E-state index < -0.39 is 5.97 Å². The molecule has 1 N–H and O–H groups in total. The van der Waals surface area contributed by atoms with Crippen molar-refractivity contribution >= 4 is 5.97 Å². The van der Waals surface area contributed by atoms with Gasteiger partial charge in [-0.3, -0.25) is 0 Å². The van der Waals surface area contributed by atoms with Gasteiger partial charge in [-0.15, -0.1) is 0 Å². The second kappa shape index (κ2) is 4.51. The Hall–Kier alpha value is -1.25. The van der Waals surface area contributed by atoms with Crippen molar-refractivity contribution in [2.75, 3.05) is 0 Å². The molecule has 1 aromatic heterocycles. The molecule has 0 aromatic carbocycles. The lowest BCUT2D eigenvalue weighted by atomic mass is 10.0. The van der Waals surface area contributed by atoms with Gasteiger partial charge in [0.25, 0.3) is 0 Å². The Bertz CT molecular complexity index is 350. The van der Waals surface area contributed by atoms with E-state index >= 15 is 0 Å². The average Bonchev–Trinajstić information content (AvgIpc) is 2.61. The van der Waals surface area contributed by atoms with Gasteiger partial charge < -0.3 is 9.52 Å². The van der Waals surface area contributed by atoms with Crippen LogP contribution >= 0.6 is 0 Å². The van der Waals surface area contributed by atoms with E-state index in [1.54, 1.807) is 6.07 Å². The maximum atomic E-state index is 11.0. The number of hydrogen-bond donors (Lipinski definition) is 1. The van der Waals surface area contributed by atoms with Gasteiger partial charge in [0.1, 0.15) is 17.1 Å². The van der Waals surface area contributed by atoms with Gasteiger partial charge in [0.15, 0.2) is 0 Å². The molecule has 3 nitrogen and oxygen atoms in total. The Balaban J connectivity index is 3.15. The van der Waals surface area contributed by atoms with Crippen LogP contribution in [0.5, 0.6) is 0 Å². The zero-order chi connectivity index (χ0) is 11.6. The first kappa shape index (κ1) is 11.8. The lowest BCUT2D eigenvalue weighted by Gasteiger charge is -2.04. The number of carboxylic acids is 1. The molecule has 0 saturated heterocycles. The second-order valence-electron chi connectivity index (χ2n) is 4.20. The molecule has 0 radical (unpaired) electrons. The van der Waals surface area contributed by atoms with E-state index in [-0.39, 0.29) is 11.8 Å². The normalized spacial score (nSPS) is 13.1. The predicted molar refractivity (Wildman–Crippen MR) is 58.5 cm³/mol. The topological polar surface area (TPSA) is 50.4 Å². The molecule has 1 atom stereocenters. The van der Waals surface area contributed by atoms with Crippen LogP contribution in [-0.4, -0.2) is 11.1 Å². The lowest BCUT2D eigenvalue weighted by Crippen LogP contribution is -1.99. The lowest BCUT2D eigenvalue weighted by molar-refractivity contribution is 0.0694. The Labute approximate surface area is 90.1 Å². The zero-order valence-electron chi connectivity index (χ0n) is 9.70. The van der Waals surface area contributed by atoms with Crippen LogP contribution in [-0.2, 0) is 0 Å². The summed E-state index contributed by atoms with van der Waals surface area (Å²) in [6.07, 6.45) is 0.949. The molecule has 0 bridgehead atoms. The van der Waals surface area contributed by atoms with E-state index in [0.717, 1.165) is 12.2 Å². The van der Waals surface area contributed by atoms with Crippen molar-refractivity contribution in [3.8, 4) is 0 Å². The summed E-state index contributed by atoms with van der Waals surface area (Å²) in [5, 5.41) is 9.02. The summed E-state index contributed by atoms with van der Waals surface area (Å²) in [6, 6.07) is 1.66. The maximum Gasteiger partial charge on any atom is 0.339 e. The van der Waals surface area contributed by atoms with E-state index in [0.29, 0.717) is 11.3 Å². The van der Waals surface area contributed by atoms with Gasteiger partial charge in [0, 0.05) is 11.8 Å². The summed E-state index contributed by atoms with van der Waals surface area (Å²) in [5.41, 5.74) is 0.306. The van der Waals surface area contributed by atoms with Gasteiger partial charge in [-0.05, 0) is 12.5 Å². The standard InChI is InChI=1S/C12H18O3/c1-5-8(4)10-6-9(12(13)14)11(15-10)7(2)3/h6-8H,5H2,1-4H3,(H,13,14). The van der Waals surface area contributed by atoms with Crippen molar-refractivity contribution in [2.24, 2.45) is 0 Å². The maximum absolute atomic E-state index is 11.0. The van der Waals surface area contributed by atoms with Crippen molar-refractivity contribution in [3.05, 3.63) is 23.2 Å². The molecular weight excluding hydrogens is 192 g/mol. The van der Waals surface area contributed by atoms with Crippen LogP contribution in [0, 0.1) is 0 Å². The third-order valence-electron chi connectivity index (χ3n) is 2.63. The summed E-state index contributed by atoms with van der Waals surface area (Å²) in [5.74, 6) is 0.831. The van der Waals surface area contributed by atoms with Crippen LogP contribution in [0.3, 0.4) is 0 Å². The van der Waals surface area contributed by atoms with E-state index in [9.17, 15) is 4.79 Å². The Morgan fingerprint density at radius 1 is 1.47 bits per heavy atom. The smallest absolute Gasteiger partial charge is 0.339 e. The van der Waals surface area contributed by atoms with E-state index in [1.165, 1.54) is 0 Å². The fraction of sp³-hybridized carbons (Fsp3) is 0.583. The van der Waals surface area contributed by atoms with Crippen LogP contribution in [0.25, 0.3) is 0 Å². The Morgan fingerprint density at radius 2 is 2.07 bits per heavy atom. The highest BCUT2D eigenvalue weighted by Gasteiger charge is 2.21. The number of furan rings is 1. The van der Waals surface area contributed by atoms with Gasteiger partial charge in [0.05, 0.1) is 0 Å². The van der Waals surface area contributed by atoms with Crippen LogP contribution in [0.4, 0.5) is 0 Å². The van der Waals surface area contributed by atoms with Crippen LogP contribution in [0.1, 0.15) is 67.8 Å². The fourth-order valence-corrected chi connectivity index (χ4v) is 1.46. The molecule has 3 heteroatoms. The molecule has 0 aliphatic heterocycles. The summed E-state index contributed by atoms with van der Waals surface area (Å²) in [6.45, 7) is 7.97. The fourth-order valence-electron chi connectivity index (χ4n) is 1.46. The summed E-state index contributed by atoms with van der Waals surface area (Å²) >= 11 is 0. The number of carboxylic acid groups (broad SMARTS) is 1. The van der Waals surface area contributed by atoms with E-state index in [4.69, 9.17) is 9.52 Å². The first-order chi connectivity index (χ1) is 6.97. The monoisotopic (exact) mass is 210 g/mol. The third-order valence-corrected chi connectivity index (χ3v) is 2.63. The van der Waals surface area contributed by atoms with Crippen molar-refractivity contribution in [3.63, 3.8) is 0 Å². The van der Waals surface area contributed by atoms with Gasteiger partial charge in [0.2, 0.25) is 0 Å². The number of carbonyl (C=O) groups is 1. The van der Waals surface area contributed by atoms with Crippen molar-refractivity contribution in [2.45, 2.75) is 46.0 Å². The second-order valence-corrected chi connectivity index (χ2v) is 4.20. The molecule has 1 heterocycles. The first-order valence-electron chi connectivity index (χ1n) is 5.34. The van der Waals surface area contributed by atoms with Crippen LogP contribution in [0.2, 0.25) is 0 Å². The molecule has 15 heavy (non-hydrogen) atoms. The quantitative estimate of drug-likeness (QED) is 0.825. The van der Waals surface area contributed by atoms with E-state index in [1.807, 2.05) is 20.8 Å². The molecular formula is C12H18O3. The molecule has 1 aromatic rings. The highest BCUT2D eigenvalue weighted by molar-refractivity contribution is 5.89. The van der Waals surface area contributed by atoms with Gasteiger partial charge in [-0.25, -0.2) is 4.79 Å². The first-order valence-corrected chi connectivity index (χ1v) is 5.34. The van der Waals surface area contributed by atoms with Crippen LogP contribution in [0.15, 0.2) is 10.5 Å². The van der Waals surface area contributed by atoms with Gasteiger partial charge in [-0.2, -0.15) is 0 Å². The summed E-state index contributed by atoms with van der Waals surface area (Å²) in [4.78, 5) is 11.0. The van der Waals surface area contributed by atoms with Crippen molar-refractivity contribution in [1.82, 2.24) is 0 Å². The largest absolute Gasteiger partial charge is 0.478 e. The highest BCUT2D eigenvalue weighted by Crippen LogP contribution is 2.29. The molecule has 0 fully saturated rings.